The maximum Gasteiger partial charge on any atom is 0.417 e. The van der Waals surface area contributed by atoms with Gasteiger partial charge in [0.15, 0.2) is 5.79 Å². The fourth-order valence-corrected chi connectivity index (χ4v) is 1.75. The summed E-state index contributed by atoms with van der Waals surface area (Å²) in [5.41, 5.74) is -0.764. The van der Waals surface area contributed by atoms with Crippen LogP contribution >= 0.6 is 0 Å². The molecule has 1 unspecified atom stereocenters. The van der Waals surface area contributed by atoms with Gasteiger partial charge in [-0.3, -0.25) is 0 Å². The van der Waals surface area contributed by atoms with Crippen LogP contribution in [0, 0.1) is 0 Å². The Hall–Kier alpha value is -1.34. The van der Waals surface area contributed by atoms with Crippen LogP contribution in [0.3, 0.4) is 0 Å². The number of rotatable bonds is 3. The number of pyridine rings is 1. The molecule has 7 heteroatoms. The van der Waals surface area contributed by atoms with Crippen LogP contribution in [0.15, 0.2) is 18.3 Å². The lowest BCUT2D eigenvalue weighted by Gasteiger charge is -2.17. The molecule has 19 heavy (non-hydrogen) atoms. The van der Waals surface area contributed by atoms with Crippen molar-refractivity contribution >= 4 is 5.82 Å². The smallest absolute Gasteiger partial charge is 0.367 e. The molecule has 1 N–H and O–H groups in total. The maximum atomic E-state index is 12.3. The van der Waals surface area contributed by atoms with Crippen molar-refractivity contribution in [2.45, 2.75) is 31.9 Å². The zero-order chi connectivity index (χ0) is 14.1. The van der Waals surface area contributed by atoms with E-state index in [0.29, 0.717) is 19.0 Å². The van der Waals surface area contributed by atoms with Gasteiger partial charge in [0.1, 0.15) is 11.9 Å². The third kappa shape index (κ3) is 3.81. The van der Waals surface area contributed by atoms with Gasteiger partial charge in [0, 0.05) is 12.7 Å². The molecular weight excluding hydrogens is 261 g/mol. The van der Waals surface area contributed by atoms with Crippen LogP contribution in [-0.2, 0) is 15.7 Å². The number of nitrogens with one attached hydrogen (secondary N) is 1. The number of ether oxygens (including phenoxy) is 2. The minimum absolute atomic E-state index is 0.140. The Morgan fingerprint density at radius 1 is 1.42 bits per heavy atom. The second-order valence-electron chi connectivity index (χ2n) is 4.76. The van der Waals surface area contributed by atoms with Crippen molar-refractivity contribution in [3.8, 4) is 0 Å². The molecule has 1 atom stereocenters. The number of aromatic nitrogens is 1. The van der Waals surface area contributed by atoms with Crippen molar-refractivity contribution < 1.29 is 22.6 Å². The second kappa shape index (κ2) is 4.97. The molecule has 4 nitrogen and oxygen atoms in total. The standard InChI is InChI=1S/C12H15F3N2O2/c1-11(2)18-7-9(19-11)6-17-10-4-3-8(5-16-10)12(13,14)15/h3-5,9H,6-7H2,1-2H3,(H,16,17). The van der Waals surface area contributed by atoms with E-state index in [0.717, 1.165) is 12.3 Å². The minimum Gasteiger partial charge on any atom is -0.367 e. The summed E-state index contributed by atoms with van der Waals surface area (Å²) in [6.07, 6.45) is -3.70. The van der Waals surface area contributed by atoms with E-state index in [2.05, 4.69) is 10.3 Å². The van der Waals surface area contributed by atoms with E-state index in [-0.39, 0.29) is 6.10 Å². The van der Waals surface area contributed by atoms with Crippen molar-refractivity contribution in [3.05, 3.63) is 23.9 Å². The Balaban J connectivity index is 1.87. The summed E-state index contributed by atoms with van der Waals surface area (Å²) in [6, 6.07) is 2.29. The Labute approximate surface area is 108 Å². The van der Waals surface area contributed by atoms with Gasteiger partial charge in [-0.15, -0.1) is 0 Å². The van der Waals surface area contributed by atoms with Crippen LogP contribution in [0.1, 0.15) is 19.4 Å². The number of anilines is 1. The molecule has 0 radical (unpaired) electrons. The van der Waals surface area contributed by atoms with Crippen LogP contribution in [-0.4, -0.2) is 30.0 Å². The summed E-state index contributed by atoms with van der Waals surface area (Å²) in [6.45, 7) is 4.50. The van der Waals surface area contributed by atoms with Gasteiger partial charge >= 0.3 is 6.18 Å². The predicted octanol–water partition coefficient (Wildman–Crippen LogP) is 2.66. The summed E-state index contributed by atoms with van der Waals surface area (Å²) in [7, 11) is 0. The van der Waals surface area contributed by atoms with E-state index in [9.17, 15) is 13.2 Å². The number of nitrogens with zero attached hydrogens (tertiary/aromatic N) is 1. The predicted molar refractivity (Wildman–Crippen MR) is 62.6 cm³/mol. The van der Waals surface area contributed by atoms with E-state index >= 15 is 0 Å². The average Bonchev–Trinajstić information content (AvgIpc) is 2.66. The monoisotopic (exact) mass is 276 g/mol. The fourth-order valence-electron chi connectivity index (χ4n) is 1.75. The molecule has 2 rings (SSSR count). The molecule has 1 aliphatic heterocycles. The molecule has 106 valence electrons. The van der Waals surface area contributed by atoms with Gasteiger partial charge in [-0.25, -0.2) is 4.98 Å². The van der Waals surface area contributed by atoms with Crippen molar-refractivity contribution in [2.75, 3.05) is 18.5 Å². The second-order valence-corrected chi connectivity index (χ2v) is 4.76. The molecule has 0 spiro atoms. The van der Waals surface area contributed by atoms with E-state index in [1.807, 2.05) is 13.8 Å². The first-order valence-electron chi connectivity index (χ1n) is 5.85. The molecule has 1 aromatic rings. The zero-order valence-corrected chi connectivity index (χ0v) is 10.6. The third-order valence-electron chi connectivity index (χ3n) is 2.67. The Bertz CT molecular complexity index is 432. The van der Waals surface area contributed by atoms with E-state index in [1.54, 1.807) is 0 Å². The highest BCUT2D eigenvalue weighted by Gasteiger charge is 2.33. The molecular formula is C12H15F3N2O2. The van der Waals surface area contributed by atoms with Crippen LogP contribution in [0.4, 0.5) is 19.0 Å². The Morgan fingerprint density at radius 2 is 2.16 bits per heavy atom. The minimum atomic E-state index is -4.36. The van der Waals surface area contributed by atoms with Crippen LogP contribution in [0.25, 0.3) is 0 Å². The highest BCUT2D eigenvalue weighted by molar-refractivity contribution is 5.36. The summed E-state index contributed by atoms with van der Waals surface area (Å²) < 4.78 is 47.9. The molecule has 0 aliphatic carbocycles. The third-order valence-corrected chi connectivity index (χ3v) is 2.67. The van der Waals surface area contributed by atoms with Gasteiger partial charge in [0.05, 0.1) is 12.2 Å². The lowest BCUT2D eigenvalue weighted by molar-refractivity contribution is -0.138. The first kappa shape index (κ1) is 14.1. The van der Waals surface area contributed by atoms with Gasteiger partial charge < -0.3 is 14.8 Å². The summed E-state index contributed by atoms with van der Waals surface area (Å²) in [4.78, 5) is 3.71. The first-order valence-corrected chi connectivity index (χ1v) is 5.85. The van der Waals surface area contributed by atoms with Gasteiger partial charge in [0.2, 0.25) is 0 Å². The molecule has 1 aliphatic rings. The molecule has 0 saturated carbocycles. The molecule has 1 saturated heterocycles. The van der Waals surface area contributed by atoms with Crippen LogP contribution in [0.2, 0.25) is 0 Å². The number of halogens is 3. The number of alkyl halides is 3. The van der Waals surface area contributed by atoms with Crippen LogP contribution in [0.5, 0.6) is 0 Å². The summed E-state index contributed by atoms with van der Waals surface area (Å²) in [5, 5.41) is 2.92. The fraction of sp³-hybridized carbons (Fsp3) is 0.583. The highest BCUT2D eigenvalue weighted by atomic mass is 19.4. The Kier molecular flexibility index (Phi) is 3.69. The average molecular weight is 276 g/mol. The number of hydrogen-bond acceptors (Lipinski definition) is 4. The van der Waals surface area contributed by atoms with Crippen molar-refractivity contribution in [1.29, 1.82) is 0 Å². The normalized spacial score (nSPS) is 22.5. The van der Waals surface area contributed by atoms with Gasteiger partial charge in [-0.2, -0.15) is 13.2 Å². The van der Waals surface area contributed by atoms with Gasteiger partial charge in [-0.05, 0) is 26.0 Å². The van der Waals surface area contributed by atoms with Crippen LogP contribution < -0.4 is 5.32 Å². The van der Waals surface area contributed by atoms with Crippen molar-refractivity contribution in [2.24, 2.45) is 0 Å². The zero-order valence-electron chi connectivity index (χ0n) is 10.6. The van der Waals surface area contributed by atoms with E-state index in [1.165, 1.54) is 6.07 Å². The molecule has 0 amide bonds. The lowest BCUT2D eigenvalue weighted by Crippen LogP contribution is -2.26. The van der Waals surface area contributed by atoms with E-state index in [4.69, 9.17) is 9.47 Å². The molecule has 1 fully saturated rings. The first-order chi connectivity index (χ1) is 8.76. The summed E-state index contributed by atoms with van der Waals surface area (Å²) in [5.74, 6) is -0.235. The lowest BCUT2D eigenvalue weighted by atomic mass is 10.3. The molecule has 2 heterocycles. The SMILES string of the molecule is CC1(C)OCC(CNc2ccc(C(F)(F)F)cn2)O1. The summed E-state index contributed by atoms with van der Waals surface area (Å²) >= 11 is 0. The van der Waals surface area contributed by atoms with E-state index < -0.39 is 17.5 Å². The molecule has 0 bridgehead atoms. The topological polar surface area (TPSA) is 43.4 Å². The van der Waals surface area contributed by atoms with Crippen molar-refractivity contribution in [3.63, 3.8) is 0 Å². The van der Waals surface area contributed by atoms with Gasteiger partial charge in [-0.1, -0.05) is 0 Å². The quantitative estimate of drug-likeness (QED) is 0.921. The molecule has 1 aromatic heterocycles. The largest absolute Gasteiger partial charge is 0.417 e. The Morgan fingerprint density at radius 3 is 2.63 bits per heavy atom. The van der Waals surface area contributed by atoms with Crippen molar-refractivity contribution in [1.82, 2.24) is 4.98 Å². The highest BCUT2D eigenvalue weighted by Crippen LogP contribution is 2.29. The maximum absolute atomic E-state index is 12.3. The number of hydrogen-bond donors (Lipinski definition) is 1. The van der Waals surface area contributed by atoms with Gasteiger partial charge in [0.25, 0.3) is 0 Å². The molecule has 0 aromatic carbocycles.